The van der Waals surface area contributed by atoms with Crippen molar-refractivity contribution in [1.29, 1.82) is 0 Å². The number of pyridine rings is 1. The zero-order valence-corrected chi connectivity index (χ0v) is 24.5. The summed E-state index contributed by atoms with van der Waals surface area (Å²) in [6.07, 6.45) is 3.00. The summed E-state index contributed by atoms with van der Waals surface area (Å²) >= 11 is 12.8. The van der Waals surface area contributed by atoms with Crippen LogP contribution in [0.2, 0.25) is 10.0 Å². The quantitative estimate of drug-likeness (QED) is 0.209. The van der Waals surface area contributed by atoms with E-state index in [0.29, 0.717) is 50.7 Å². The fourth-order valence-corrected chi connectivity index (χ4v) is 4.98. The first kappa shape index (κ1) is 29.2. The minimum Gasteiger partial charge on any atom is -0.394 e. The third kappa shape index (κ3) is 5.98. The van der Waals surface area contributed by atoms with Gasteiger partial charge in [-0.3, -0.25) is 9.59 Å². The minimum atomic E-state index is -0.859. The summed E-state index contributed by atoms with van der Waals surface area (Å²) < 4.78 is 0. The molecule has 0 aliphatic carbocycles. The fourth-order valence-electron chi connectivity index (χ4n) is 4.55. The van der Waals surface area contributed by atoms with Crippen LogP contribution in [0.3, 0.4) is 0 Å². The molecule has 5 rings (SSSR count). The zero-order chi connectivity index (χ0) is 30.0. The number of aromatic nitrogens is 6. The summed E-state index contributed by atoms with van der Waals surface area (Å²) in [5.41, 5.74) is 2.55. The number of rotatable bonds is 10. The molecule has 4 heterocycles. The third-order valence-corrected chi connectivity index (χ3v) is 7.30. The number of aliphatic hydroxyl groups is 1. The summed E-state index contributed by atoms with van der Waals surface area (Å²) in [6.45, 7) is 4.01. The van der Waals surface area contributed by atoms with Gasteiger partial charge in [0.1, 0.15) is 11.9 Å². The molecule has 1 aliphatic heterocycles. The van der Waals surface area contributed by atoms with Crippen LogP contribution in [0.1, 0.15) is 41.5 Å². The van der Waals surface area contributed by atoms with E-state index < -0.39 is 24.6 Å². The predicted molar refractivity (Wildman–Crippen MR) is 157 cm³/mol. The summed E-state index contributed by atoms with van der Waals surface area (Å²) in [5.74, 6) is 0.519. The van der Waals surface area contributed by atoms with Gasteiger partial charge in [-0.2, -0.15) is 9.90 Å². The maximum atomic E-state index is 13.5. The first-order chi connectivity index (χ1) is 20.2. The standard InChI is InChI=1S/C27H28Cl2N10O3/c1-4-30-21-8-7-18(28)24(34-21)20(13-40)33-25(41)14(2)39-12-16-6-5-15(9-17(16)26(39)42)23-19(29)10-31-27(36-23)35-22-11-32-38(3)37-22/h5-11,14,20,40H,4,12-13H2,1-3H3,(H,30,34)(H,33,41)(H,31,35,36,37)/t14-,20-/m1/s1. The summed E-state index contributed by atoms with van der Waals surface area (Å²) in [5, 5.41) is 27.6. The molecule has 0 unspecified atom stereocenters. The van der Waals surface area contributed by atoms with Crippen LogP contribution in [0.5, 0.6) is 0 Å². The smallest absolute Gasteiger partial charge is 0.255 e. The van der Waals surface area contributed by atoms with Crippen molar-refractivity contribution >= 4 is 52.6 Å². The van der Waals surface area contributed by atoms with Gasteiger partial charge in [-0.25, -0.2) is 15.0 Å². The van der Waals surface area contributed by atoms with E-state index in [1.807, 2.05) is 19.1 Å². The summed E-state index contributed by atoms with van der Waals surface area (Å²) in [4.78, 5) is 42.7. The Hall–Kier alpha value is -4.33. The lowest BCUT2D eigenvalue weighted by Gasteiger charge is -2.26. The highest BCUT2D eigenvalue weighted by Crippen LogP contribution is 2.33. The number of amides is 2. The number of benzene rings is 1. The highest BCUT2D eigenvalue weighted by atomic mass is 35.5. The highest BCUT2D eigenvalue weighted by molar-refractivity contribution is 6.33. The predicted octanol–water partition coefficient (Wildman–Crippen LogP) is 3.34. The van der Waals surface area contributed by atoms with Crippen molar-refractivity contribution in [1.82, 2.24) is 40.2 Å². The number of aryl methyl sites for hydroxylation is 1. The van der Waals surface area contributed by atoms with Gasteiger partial charge in [-0.05, 0) is 37.6 Å². The number of fused-ring (bicyclic) bond motifs is 1. The van der Waals surface area contributed by atoms with E-state index in [0.717, 1.165) is 5.56 Å². The average molecular weight is 611 g/mol. The van der Waals surface area contributed by atoms with Crippen molar-refractivity contribution in [2.45, 2.75) is 32.5 Å². The number of hydrogen-bond acceptors (Lipinski definition) is 10. The Morgan fingerprint density at radius 3 is 2.64 bits per heavy atom. The van der Waals surface area contributed by atoms with Crippen molar-refractivity contribution in [3.8, 4) is 11.3 Å². The van der Waals surface area contributed by atoms with Gasteiger partial charge in [0.2, 0.25) is 11.9 Å². The Balaban J connectivity index is 1.32. The van der Waals surface area contributed by atoms with Gasteiger partial charge < -0.3 is 26.0 Å². The first-order valence-corrected chi connectivity index (χ1v) is 13.9. The van der Waals surface area contributed by atoms with Gasteiger partial charge >= 0.3 is 0 Å². The van der Waals surface area contributed by atoms with Crippen LogP contribution in [-0.2, 0) is 18.4 Å². The second kappa shape index (κ2) is 12.3. The number of nitrogens with zero attached hydrogens (tertiary/aromatic N) is 7. The molecule has 3 aromatic heterocycles. The van der Waals surface area contributed by atoms with Crippen molar-refractivity contribution in [2.24, 2.45) is 7.05 Å². The number of nitrogens with one attached hydrogen (secondary N) is 3. The molecule has 218 valence electrons. The number of aliphatic hydroxyl groups excluding tert-OH is 1. The Morgan fingerprint density at radius 2 is 1.93 bits per heavy atom. The normalized spacial score (nSPS) is 14.0. The average Bonchev–Trinajstić information content (AvgIpc) is 3.55. The maximum Gasteiger partial charge on any atom is 0.255 e. The molecule has 1 aromatic carbocycles. The maximum absolute atomic E-state index is 13.5. The lowest BCUT2D eigenvalue weighted by atomic mass is 10.0. The van der Waals surface area contributed by atoms with E-state index >= 15 is 0 Å². The lowest BCUT2D eigenvalue weighted by molar-refractivity contribution is -0.126. The first-order valence-electron chi connectivity index (χ1n) is 13.1. The fraction of sp³-hybridized carbons (Fsp3) is 0.296. The van der Waals surface area contributed by atoms with Gasteiger partial charge in [0.05, 0.1) is 46.5 Å². The van der Waals surface area contributed by atoms with Crippen molar-refractivity contribution < 1.29 is 14.7 Å². The number of carbonyl (C=O) groups excluding carboxylic acids is 2. The van der Waals surface area contributed by atoms with Gasteiger partial charge in [-0.15, -0.1) is 5.10 Å². The Morgan fingerprint density at radius 1 is 1.12 bits per heavy atom. The molecule has 42 heavy (non-hydrogen) atoms. The van der Waals surface area contributed by atoms with Crippen LogP contribution in [0.15, 0.2) is 42.7 Å². The molecule has 15 heteroatoms. The van der Waals surface area contributed by atoms with E-state index in [2.05, 4.69) is 41.1 Å². The van der Waals surface area contributed by atoms with Gasteiger partial charge in [0.15, 0.2) is 5.82 Å². The minimum absolute atomic E-state index is 0.235. The van der Waals surface area contributed by atoms with Gasteiger partial charge in [-0.1, -0.05) is 35.3 Å². The van der Waals surface area contributed by atoms with Crippen LogP contribution in [0, 0.1) is 0 Å². The van der Waals surface area contributed by atoms with E-state index in [1.54, 1.807) is 32.2 Å². The largest absolute Gasteiger partial charge is 0.394 e. The van der Waals surface area contributed by atoms with E-state index in [4.69, 9.17) is 23.2 Å². The molecular weight excluding hydrogens is 583 g/mol. The highest BCUT2D eigenvalue weighted by Gasteiger charge is 2.35. The van der Waals surface area contributed by atoms with Crippen LogP contribution >= 0.6 is 23.2 Å². The summed E-state index contributed by atoms with van der Waals surface area (Å²) in [7, 11) is 1.69. The molecule has 2 amide bonds. The molecule has 2 atom stereocenters. The van der Waals surface area contributed by atoms with E-state index in [-0.39, 0.29) is 18.4 Å². The Labute approximate surface area is 251 Å². The zero-order valence-electron chi connectivity index (χ0n) is 23.0. The molecule has 1 aliphatic rings. The number of halogens is 2. The number of hydrogen-bond donors (Lipinski definition) is 4. The SMILES string of the molecule is CCNc1ccc(Cl)c([C@@H](CO)NC(=O)[C@@H](C)N2Cc3ccc(-c4nc(Nc5cnn(C)n5)ncc4Cl)cc3C2=O)n1. The number of anilines is 3. The van der Waals surface area contributed by atoms with Crippen LogP contribution in [0.25, 0.3) is 11.3 Å². The Bertz CT molecular complexity index is 1650. The molecule has 0 spiro atoms. The molecule has 0 fully saturated rings. The molecule has 4 N–H and O–H groups in total. The number of carbonyl (C=O) groups is 2. The molecule has 0 saturated heterocycles. The van der Waals surface area contributed by atoms with Crippen LogP contribution < -0.4 is 16.0 Å². The Kier molecular flexibility index (Phi) is 8.52. The van der Waals surface area contributed by atoms with Crippen molar-refractivity contribution in [3.63, 3.8) is 0 Å². The molecule has 0 radical (unpaired) electrons. The molecule has 0 bridgehead atoms. The summed E-state index contributed by atoms with van der Waals surface area (Å²) in [6, 6.07) is 6.99. The van der Waals surface area contributed by atoms with Crippen molar-refractivity contribution in [3.05, 3.63) is 69.6 Å². The molecular formula is C27H28Cl2N10O3. The lowest BCUT2D eigenvalue weighted by Crippen LogP contribution is -2.47. The van der Waals surface area contributed by atoms with Crippen LogP contribution in [-0.4, -0.2) is 71.0 Å². The molecule has 0 saturated carbocycles. The monoisotopic (exact) mass is 610 g/mol. The van der Waals surface area contributed by atoms with Gasteiger partial charge in [0, 0.05) is 31.3 Å². The molecule has 4 aromatic rings. The second-order valence-corrected chi connectivity index (χ2v) is 10.4. The molecule has 13 nitrogen and oxygen atoms in total. The second-order valence-electron chi connectivity index (χ2n) is 9.55. The topological polar surface area (TPSA) is 163 Å². The van der Waals surface area contributed by atoms with Crippen molar-refractivity contribution in [2.75, 3.05) is 23.8 Å². The van der Waals surface area contributed by atoms with Crippen LogP contribution in [0.4, 0.5) is 17.6 Å². The van der Waals surface area contributed by atoms with E-state index in [9.17, 15) is 14.7 Å². The third-order valence-electron chi connectivity index (χ3n) is 6.71. The van der Waals surface area contributed by atoms with Gasteiger partial charge in [0.25, 0.3) is 5.91 Å². The van der Waals surface area contributed by atoms with E-state index in [1.165, 1.54) is 22.1 Å².